The minimum absolute atomic E-state index is 0.165. The summed E-state index contributed by atoms with van der Waals surface area (Å²) < 4.78 is 5.78. The van der Waals surface area contributed by atoms with Gasteiger partial charge in [0.1, 0.15) is 0 Å². The van der Waals surface area contributed by atoms with Crippen LogP contribution in [0.25, 0.3) is 17.0 Å². The van der Waals surface area contributed by atoms with Gasteiger partial charge in [-0.2, -0.15) is 4.98 Å². The fourth-order valence-electron chi connectivity index (χ4n) is 4.45. The number of halogens is 1. The lowest BCUT2D eigenvalue weighted by atomic mass is 9.93. The minimum Gasteiger partial charge on any atom is -0.334 e. The van der Waals surface area contributed by atoms with Crippen LogP contribution in [0.4, 0.5) is 4.79 Å². The maximum absolute atomic E-state index is 13.4. The fourth-order valence-corrected chi connectivity index (χ4v) is 4.58. The number of urea groups is 1. The summed E-state index contributed by atoms with van der Waals surface area (Å²) in [6, 6.07) is 23.0. The van der Waals surface area contributed by atoms with E-state index in [1.807, 2.05) is 62.4 Å². The van der Waals surface area contributed by atoms with E-state index in [1.165, 1.54) is 5.56 Å². The Balaban J connectivity index is 1.59. The van der Waals surface area contributed by atoms with Crippen LogP contribution in [0, 0.1) is 6.92 Å². The van der Waals surface area contributed by atoms with Gasteiger partial charge in [0.15, 0.2) is 0 Å². The number of carbonyl (C=O) groups excluding carboxylic acids is 1. The molecule has 3 aromatic carbocycles. The summed E-state index contributed by atoms with van der Waals surface area (Å²) in [6.45, 7) is 6.54. The van der Waals surface area contributed by atoms with E-state index in [0.29, 0.717) is 23.3 Å². The standard InChI is InChI=1S/C29H27ClN4O2/c1-4-20-9-11-21(12-10-20)26-25(28-32-27(33-36-28)22-13-15-24(30)16-14-22)19(3)34(29(35)31-26)17-23-8-6-5-7-18(23)2/h5-16,26H,4,17H2,1-3H3,(H,31,35). The number of rotatable bonds is 6. The van der Waals surface area contributed by atoms with Crippen molar-refractivity contribution in [1.29, 1.82) is 0 Å². The van der Waals surface area contributed by atoms with Gasteiger partial charge in [-0.1, -0.05) is 72.2 Å². The summed E-state index contributed by atoms with van der Waals surface area (Å²) >= 11 is 6.04. The van der Waals surface area contributed by atoms with E-state index in [9.17, 15) is 4.79 Å². The first-order chi connectivity index (χ1) is 17.4. The molecule has 1 unspecified atom stereocenters. The average Bonchev–Trinajstić information content (AvgIpc) is 3.37. The normalized spacial score (nSPS) is 15.8. The summed E-state index contributed by atoms with van der Waals surface area (Å²) in [5.41, 5.74) is 6.74. The third-order valence-electron chi connectivity index (χ3n) is 6.67. The van der Waals surface area contributed by atoms with Crippen molar-refractivity contribution in [3.63, 3.8) is 0 Å². The van der Waals surface area contributed by atoms with E-state index in [4.69, 9.17) is 21.1 Å². The summed E-state index contributed by atoms with van der Waals surface area (Å²) in [4.78, 5) is 19.8. The van der Waals surface area contributed by atoms with E-state index in [2.05, 4.69) is 29.5 Å². The summed E-state index contributed by atoms with van der Waals surface area (Å²) in [5, 5.41) is 8.05. The third kappa shape index (κ3) is 4.64. The molecule has 36 heavy (non-hydrogen) atoms. The highest BCUT2D eigenvalue weighted by atomic mass is 35.5. The molecule has 1 aliphatic rings. The Morgan fingerprint density at radius 1 is 1.00 bits per heavy atom. The monoisotopic (exact) mass is 498 g/mol. The van der Waals surface area contributed by atoms with Crippen molar-refractivity contribution in [2.45, 2.75) is 39.8 Å². The second kappa shape index (κ2) is 9.99. The lowest BCUT2D eigenvalue weighted by Gasteiger charge is -2.35. The molecular weight excluding hydrogens is 472 g/mol. The number of hydrogen-bond donors (Lipinski definition) is 1. The number of allylic oxidation sites excluding steroid dienone is 1. The Hall–Kier alpha value is -3.90. The van der Waals surface area contributed by atoms with Crippen molar-refractivity contribution in [3.8, 4) is 11.4 Å². The molecule has 0 fully saturated rings. The van der Waals surface area contributed by atoms with Crippen molar-refractivity contribution in [2.24, 2.45) is 0 Å². The van der Waals surface area contributed by atoms with E-state index >= 15 is 0 Å². The highest BCUT2D eigenvalue weighted by Gasteiger charge is 2.36. The van der Waals surface area contributed by atoms with Gasteiger partial charge in [-0.05, 0) is 66.8 Å². The lowest BCUT2D eigenvalue weighted by molar-refractivity contribution is 0.203. The largest absolute Gasteiger partial charge is 0.334 e. The quantitative estimate of drug-likeness (QED) is 0.312. The second-order valence-corrected chi connectivity index (χ2v) is 9.36. The number of hydrogen-bond acceptors (Lipinski definition) is 4. The van der Waals surface area contributed by atoms with Crippen molar-refractivity contribution in [1.82, 2.24) is 20.4 Å². The zero-order chi connectivity index (χ0) is 25.2. The zero-order valence-corrected chi connectivity index (χ0v) is 21.2. The number of aryl methyl sites for hydroxylation is 2. The smallest absolute Gasteiger partial charge is 0.322 e. The lowest BCUT2D eigenvalue weighted by Crippen LogP contribution is -2.45. The molecule has 0 aliphatic carbocycles. The number of benzene rings is 3. The molecule has 1 N–H and O–H groups in total. The number of carbonyl (C=O) groups is 1. The van der Waals surface area contributed by atoms with Gasteiger partial charge in [0.05, 0.1) is 18.2 Å². The van der Waals surface area contributed by atoms with Crippen molar-refractivity contribution >= 4 is 23.2 Å². The predicted molar refractivity (Wildman–Crippen MR) is 141 cm³/mol. The third-order valence-corrected chi connectivity index (χ3v) is 6.92. The molecule has 6 nitrogen and oxygen atoms in total. The van der Waals surface area contributed by atoms with Gasteiger partial charge in [-0.15, -0.1) is 0 Å². The first-order valence-electron chi connectivity index (χ1n) is 12.0. The first kappa shape index (κ1) is 23.8. The molecule has 7 heteroatoms. The molecule has 4 aromatic rings. The minimum atomic E-state index is -0.421. The fraction of sp³-hybridized carbons (Fsp3) is 0.207. The Morgan fingerprint density at radius 2 is 1.72 bits per heavy atom. The van der Waals surface area contributed by atoms with Crippen LogP contribution in [0.3, 0.4) is 0 Å². The van der Waals surface area contributed by atoms with Crippen molar-refractivity contribution in [2.75, 3.05) is 0 Å². The van der Waals surface area contributed by atoms with Gasteiger partial charge >= 0.3 is 6.03 Å². The predicted octanol–water partition coefficient (Wildman–Crippen LogP) is 6.96. The van der Waals surface area contributed by atoms with Gasteiger partial charge in [0.2, 0.25) is 5.82 Å². The van der Waals surface area contributed by atoms with E-state index < -0.39 is 6.04 Å². The molecule has 0 spiro atoms. The van der Waals surface area contributed by atoms with Crippen LogP contribution < -0.4 is 5.32 Å². The van der Waals surface area contributed by atoms with Crippen LogP contribution in [-0.4, -0.2) is 21.1 Å². The molecule has 0 saturated carbocycles. The Kier molecular flexibility index (Phi) is 6.61. The van der Waals surface area contributed by atoms with Gasteiger partial charge in [-0.25, -0.2) is 4.79 Å². The highest BCUT2D eigenvalue weighted by molar-refractivity contribution is 6.30. The van der Waals surface area contributed by atoms with Crippen molar-refractivity contribution in [3.05, 3.63) is 112 Å². The number of amides is 2. The van der Waals surface area contributed by atoms with Gasteiger partial charge in [-0.3, -0.25) is 4.90 Å². The van der Waals surface area contributed by atoms with Gasteiger partial charge in [0, 0.05) is 16.3 Å². The maximum Gasteiger partial charge on any atom is 0.322 e. The molecule has 182 valence electrons. The average molecular weight is 499 g/mol. The van der Waals surface area contributed by atoms with Gasteiger partial charge in [0.25, 0.3) is 5.89 Å². The van der Waals surface area contributed by atoms with Crippen molar-refractivity contribution < 1.29 is 9.32 Å². The topological polar surface area (TPSA) is 71.3 Å². The van der Waals surface area contributed by atoms with E-state index in [0.717, 1.165) is 39.9 Å². The summed E-state index contributed by atoms with van der Waals surface area (Å²) in [7, 11) is 0. The zero-order valence-electron chi connectivity index (χ0n) is 20.5. The van der Waals surface area contributed by atoms with Crippen LogP contribution >= 0.6 is 11.6 Å². The molecule has 0 saturated heterocycles. The SMILES string of the molecule is CCc1ccc(C2NC(=O)N(Cc3ccccc3C)C(C)=C2c2nc(-c3ccc(Cl)cc3)no2)cc1. The van der Waals surface area contributed by atoms with Crippen LogP contribution in [0.15, 0.2) is 83.0 Å². The summed E-state index contributed by atoms with van der Waals surface area (Å²) in [5.74, 6) is 0.834. The Morgan fingerprint density at radius 3 is 2.42 bits per heavy atom. The Labute approximate surface area is 215 Å². The molecular formula is C29H27ClN4O2. The molecule has 1 aliphatic heterocycles. The molecule has 2 heterocycles. The summed E-state index contributed by atoms with van der Waals surface area (Å²) in [6.07, 6.45) is 0.942. The molecule has 2 amide bonds. The van der Waals surface area contributed by atoms with Crippen LogP contribution in [-0.2, 0) is 13.0 Å². The number of nitrogens with one attached hydrogen (secondary N) is 1. The van der Waals surface area contributed by atoms with Crippen LogP contribution in [0.2, 0.25) is 5.02 Å². The van der Waals surface area contributed by atoms with Crippen LogP contribution in [0.1, 0.15) is 48.0 Å². The second-order valence-electron chi connectivity index (χ2n) is 8.92. The van der Waals surface area contributed by atoms with Crippen LogP contribution in [0.5, 0.6) is 0 Å². The van der Waals surface area contributed by atoms with Gasteiger partial charge < -0.3 is 9.84 Å². The number of aromatic nitrogens is 2. The van der Waals surface area contributed by atoms with E-state index in [-0.39, 0.29) is 6.03 Å². The first-order valence-corrected chi connectivity index (χ1v) is 12.3. The molecule has 5 rings (SSSR count). The molecule has 1 atom stereocenters. The number of nitrogens with zero attached hydrogens (tertiary/aromatic N) is 3. The Bertz CT molecular complexity index is 1420. The molecule has 1 aromatic heterocycles. The highest BCUT2D eigenvalue weighted by Crippen LogP contribution is 2.38. The molecule has 0 radical (unpaired) electrons. The van der Waals surface area contributed by atoms with E-state index in [1.54, 1.807) is 17.0 Å². The molecule has 0 bridgehead atoms. The maximum atomic E-state index is 13.4.